The highest BCUT2D eigenvalue weighted by Gasteiger charge is 2.54. The Kier molecular flexibility index (Phi) is 6.45. The van der Waals surface area contributed by atoms with Gasteiger partial charge in [-0.15, -0.1) is 0 Å². The van der Waals surface area contributed by atoms with Crippen LogP contribution in [0.5, 0.6) is 0 Å². The molecule has 2 heterocycles. The van der Waals surface area contributed by atoms with Crippen LogP contribution >= 0.6 is 0 Å². The van der Waals surface area contributed by atoms with Crippen LogP contribution in [0.25, 0.3) is 38.4 Å². The van der Waals surface area contributed by atoms with Crippen molar-refractivity contribution in [3.63, 3.8) is 0 Å². The van der Waals surface area contributed by atoms with Crippen molar-refractivity contribution >= 4 is 32.9 Å². The van der Waals surface area contributed by atoms with Crippen molar-refractivity contribution < 1.29 is 0 Å². The molecule has 2 atom stereocenters. The SMILES string of the molecule is C1=CC2c3c(cc4ccccc4c3-c3ccccc3)C(c3ccccc3)(c3ccccc3)C2C=C1c1ccc2ccc3c(c2n1)NCCC3. The zero-order chi connectivity index (χ0) is 32.4. The van der Waals surface area contributed by atoms with E-state index in [1.54, 1.807) is 0 Å². The van der Waals surface area contributed by atoms with E-state index in [9.17, 15) is 0 Å². The predicted octanol–water partition coefficient (Wildman–Crippen LogP) is 11.1. The molecule has 3 aliphatic rings. The summed E-state index contributed by atoms with van der Waals surface area (Å²) in [6.07, 6.45) is 9.65. The second-order valence-corrected chi connectivity index (χ2v) is 13.8. The molecule has 0 saturated carbocycles. The Morgan fingerprint density at radius 1 is 0.673 bits per heavy atom. The lowest BCUT2D eigenvalue weighted by Gasteiger charge is -2.39. The molecule has 234 valence electrons. The van der Waals surface area contributed by atoms with Crippen molar-refractivity contribution in [2.45, 2.75) is 24.2 Å². The zero-order valence-electron chi connectivity index (χ0n) is 27.3. The number of fused-ring (bicyclic) bond motifs is 7. The summed E-state index contributed by atoms with van der Waals surface area (Å²) in [5.41, 5.74) is 13.5. The van der Waals surface area contributed by atoms with E-state index in [4.69, 9.17) is 4.98 Å². The summed E-state index contributed by atoms with van der Waals surface area (Å²) in [5, 5.41) is 7.44. The van der Waals surface area contributed by atoms with Crippen LogP contribution in [0.2, 0.25) is 0 Å². The van der Waals surface area contributed by atoms with Crippen LogP contribution in [-0.2, 0) is 11.8 Å². The van der Waals surface area contributed by atoms with Gasteiger partial charge in [-0.3, -0.25) is 0 Å². The van der Waals surface area contributed by atoms with Gasteiger partial charge in [0.05, 0.1) is 22.3 Å². The number of nitrogens with zero attached hydrogens (tertiary/aromatic N) is 1. The largest absolute Gasteiger partial charge is 0.383 e. The first-order valence-corrected chi connectivity index (χ1v) is 17.6. The van der Waals surface area contributed by atoms with Gasteiger partial charge in [0.15, 0.2) is 0 Å². The maximum atomic E-state index is 5.40. The van der Waals surface area contributed by atoms with E-state index in [1.807, 2.05) is 0 Å². The number of nitrogens with one attached hydrogen (secondary N) is 1. The highest BCUT2D eigenvalue weighted by molar-refractivity contribution is 6.01. The second-order valence-electron chi connectivity index (χ2n) is 13.8. The molecule has 7 aromatic rings. The van der Waals surface area contributed by atoms with E-state index < -0.39 is 5.41 Å². The fraction of sp³-hybridized carbons (Fsp3) is 0.128. The van der Waals surface area contributed by atoms with Gasteiger partial charge in [-0.05, 0) is 80.3 Å². The van der Waals surface area contributed by atoms with E-state index in [0.29, 0.717) is 0 Å². The average molecular weight is 629 g/mol. The molecule has 0 amide bonds. The number of hydrogen-bond donors (Lipinski definition) is 1. The van der Waals surface area contributed by atoms with Crippen molar-refractivity contribution in [3.05, 3.63) is 197 Å². The third kappa shape index (κ3) is 4.23. The van der Waals surface area contributed by atoms with Crippen LogP contribution in [0.15, 0.2) is 164 Å². The molecule has 0 bridgehead atoms. The Balaban J connectivity index is 1.28. The molecular weight excluding hydrogens is 593 g/mol. The summed E-state index contributed by atoms with van der Waals surface area (Å²) in [6.45, 7) is 0.997. The third-order valence-electron chi connectivity index (χ3n) is 11.3. The van der Waals surface area contributed by atoms with Gasteiger partial charge in [0.1, 0.15) is 0 Å². The molecule has 10 rings (SSSR count). The molecule has 2 aliphatic carbocycles. The monoisotopic (exact) mass is 628 g/mol. The molecule has 0 saturated heterocycles. The molecule has 49 heavy (non-hydrogen) atoms. The normalized spacial score (nSPS) is 18.7. The van der Waals surface area contributed by atoms with Gasteiger partial charge < -0.3 is 5.32 Å². The summed E-state index contributed by atoms with van der Waals surface area (Å²) >= 11 is 0. The van der Waals surface area contributed by atoms with Crippen molar-refractivity contribution in [2.75, 3.05) is 11.9 Å². The first-order valence-electron chi connectivity index (χ1n) is 17.6. The minimum atomic E-state index is -0.413. The average Bonchev–Trinajstić information content (AvgIpc) is 3.47. The van der Waals surface area contributed by atoms with Crippen LogP contribution in [0, 0.1) is 5.92 Å². The van der Waals surface area contributed by atoms with E-state index in [-0.39, 0.29) is 11.8 Å². The molecule has 1 aromatic heterocycles. The zero-order valence-corrected chi connectivity index (χ0v) is 27.3. The molecule has 0 fully saturated rings. The van der Waals surface area contributed by atoms with Crippen LogP contribution in [0.1, 0.15) is 45.8 Å². The molecular formula is C47H36N2. The van der Waals surface area contributed by atoms with Gasteiger partial charge in [0.2, 0.25) is 0 Å². The summed E-state index contributed by atoms with van der Waals surface area (Å²) < 4.78 is 0. The Morgan fingerprint density at radius 2 is 1.37 bits per heavy atom. The molecule has 1 aliphatic heterocycles. The highest BCUT2D eigenvalue weighted by Crippen LogP contribution is 2.63. The van der Waals surface area contributed by atoms with Gasteiger partial charge in [-0.25, -0.2) is 4.98 Å². The summed E-state index contributed by atoms with van der Waals surface area (Å²) in [4.78, 5) is 5.40. The van der Waals surface area contributed by atoms with Crippen molar-refractivity contribution in [1.29, 1.82) is 0 Å². The van der Waals surface area contributed by atoms with E-state index in [1.165, 1.54) is 66.4 Å². The van der Waals surface area contributed by atoms with E-state index in [0.717, 1.165) is 30.6 Å². The first kappa shape index (κ1) is 28.3. The van der Waals surface area contributed by atoms with Crippen LogP contribution in [0.4, 0.5) is 5.69 Å². The Hall–Kier alpha value is -5.73. The minimum absolute atomic E-state index is 0.131. The number of pyridine rings is 1. The molecule has 2 heteroatoms. The quantitative estimate of drug-likeness (QED) is 0.210. The lowest BCUT2D eigenvalue weighted by molar-refractivity contribution is 0.458. The molecule has 1 N–H and O–H groups in total. The van der Waals surface area contributed by atoms with Crippen molar-refractivity contribution in [1.82, 2.24) is 4.98 Å². The highest BCUT2D eigenvalue weighted by atomic mass is 14.9. The molecule has 6 aromatic carbocycles. The lowest BCUT2D eigenvalue weighted by Crippen LogP contribution is -2.35. The Labute approximate surface area is 287 Å². The fourth-order valence-electron chi connectivity index (χ4n) is 9.21. The maximum absolute atomic E-state index is 5.40. The maximum Gasteiger partial charge on any atom is 0.0943 e. The van der Waals surface area contributed by atoms with Crippen LogP contribution in [0.3, 0.4) is 0 Å². The number of anilines is 1. The first-order chi connectivity index (χ1) is 24.3. The summed E-state index contributed by atoms with van der Waals surface area (Å²) in [6, 6.07) is 53.9. The standard InChI is InChI=1S/C47H36N2/c1-4-13-31(14-5-1)43-38-21-11-10-15-34(38)29-41-44(43)39-26-24-35(42-27-25-33-23-22-32-16-12-28-48-45(32)46(33)49-42)30-40(39)47(41,36-17-6-2-7-18-36)37-19-8-3-9-20-37/h1-11,13-15,17-27,29-30,39-40,48H,12,16,28H2. The number of benzene rings is 6. The van der Waals surface area contributed by atoms with Crippen molar-refractivity contribution in [2.24, 2.45) is 5.92 Å². The Morgan fingerprint density at radius 3 is 2.14 bits per heavy atom. The molecule has 2 unspecified atom stereocenters. The summed E-state index contributed by atoms with van der Waals surface area (Å²) in [7, 11) is 0. The number of aryl methyl sites for hydroxylation is 1. The van der Waals surface area contributed by atoms with Crippen molar-refractivity contribution in [3.8, 4) is 11.1 Å². The van der Waals surface area contributed by atoms with Gasteiger partial charge >= 0.3 is 0 Å². The van der Waals surface area contributed by atoms with Gasteiger partial charge in [0.25, 0.3) is 0 Å². The van der Waals surface area contributed by atoms with Gasteiger partial charge in [0, 0.05) is 23.8 Å². The molecule has 0 radical (unpaired) electrons. The molecule has 0 spiro atoms. The summed E-state index contributed by atoms with van der Waals surface area (Å²) in [5.74, 6) is 0.306. The fourth-order valence-corrected chi connectivity index (χ4v) is 9.21. The van der Waals surface area contributed by atoms with Crippen LogP contribution in [-0.4, -0.2) is 11.5 Å². The van der Waals surface area contributed by atoms with E-state index in [2.05, 4.69) is 169 Å². The van der Waals surface area contributed by atoms with Crippen LogP contribution < -0.4 is 5.32 Å². The second kappa shape index (κ2) is 11.2. The van der Waals surface area contributed by atoms with E-state index >= 15 is 0 Å². The number of allylic oxidation sites excluding steroid dienone is 4. The lowest BCUT2D eigenvalue weighted by atomic mass is 9.62. The topological polar surface area (TPSA) is 24.9 Å². The predicted molar refractivity (Wildman–Crippen MR) is 204 cm³/mol. The number of aromatic nitrogens is 1. The molecule has 2 nitrogen and oxygen atoms in total. The van der Waals surface area contributed by atoms with Gasteiger partial charge in [-0.2, -0.15) is 0 Å². The van der Waals surface area contributed by atoms with Gasteiger partial charge in [-0.1, -0.05) is 152 Å². The minimum Gasteiger partial charge on any atom is -0.383 e. The smallest absolute Gasteiger partial charge is 0.0943 e. The Bertz CT molecular complexity index is 2400. The third-order valence-corrected chi connectivity index (χ3v) is 11.3. The number of hydrogen-bond acceptors (Lipinski definition) is 2. The number of rotatable bonds is 4.